The van der Waals surface area contributed by atoms with Crippen LogP contribution in [0.4, 0.5) is 0 Å². The van der Waals surface area contributed by atoms with E-state index in [0.717, 1.165) is 44.7 Å². The zero-order valence-corrected chi connectivity index (χ0v) is 14.7. The van der Waals surface area contributed by atoms with Gasteiger partial charge in [0.05, 0.1) is 5.69 Å². The maximum absolute atomic E-state index is 12.2. The van der Waals surface area contributed by atoms with Gasteiger partial charge in [-0.05, 0) is 51.6 Å². The van der Waals surface area contributed by atoms with E-state index in [0.29, 0.717) is 12.3 Å². The second kappa shape index (κ2) is 8.42. The summed E-state index contributed by atoms with van der Waals surface area (Å²) in [6.45, 7) is 7.83. The number of hydrogen-bond donors (Lipinski definition) is 0. The van der Waals surface area contributed by atoms with Crippen molar-refractivity contribution in [2.45, 2.75) is 52.1 Å². The Labute approximate surface area is 144 Å². The van der Waals surface area contributed by atoms with Crippen LogP contribution in [-0.2, 0) is 17.9 Å². The highest BCUT2D eigenvalue weighted by atomic mass is 16.2. The van der Waals surface area contributed by atoms with E-state index in [9.17, 15) is 4.79 Å². The molecule has 1 aromatic rings. The van der Waals surface area contributed by atoms with Crippen molar-refractivity contribution in [3.8, 4) is 0 Å². The number of nitrogens with zero attached hydrogens (tertiary/aromatic N) is 5. The fourth-order valence-electron chi connectivity index (χ4n) is 3.72. The lowest BCUT2D eigenvalue weighted by Gasteiger charge is -2.32. The molecule has 3 heterocycles. The van der Waals surface area contributed by atoms with Crippen molar-refractivity contribution in [2.75, 3.05) is 26.2 Å². The quantitative estimate of drug-likeness (QED) is 0.749. The summed E-state index contributed by atoms with van der Waals surface area (Å²) in [5, 5.41) is 8.62. The summed E-state index contributed by atoms with van der Waals surface area (Å²) in [5.41, 5.74) is 1.06. The van der Waals surface area contributed by atoms with Gasteiger partial charge in [0.15, 0.2) is 0 Å². The van der Waals surface area contributed by atoms with E-state index in [1.165, 1.54) is 25.9 Å². The highest BCUT2D eigenvalue weighted by molar-refractivity contribution is 5.77. The molecule has 132 valence electrons. The minimum absolute atomic E-state index is 0.242. The molecule has 2 fully saturated rings. The van der Waals surface area contributed by atoms with Crippen molar-refractivity contribution in [3.05, 3.63) is 24.0 Å². The SMILES string of the molecule is C/C=C/CC(=O)N1CCCC(Cn2cc(CN3CCCC3)nn2)C1. The molecule has 0 N–H and O–H groups in total. The molecule has 6 heteroatoms. The minimum Gasteiger partial charge on any atom is -0.342 e. The standard InChI is InChI=1S/C18H29N5O/c1-2-3-8-18(24)22-11-6-7-16(12-22)13-23-15-17(19-20-23)14-21-9-4-5-10-21/h2-3,15-16H,4-14H2,1H3/b3-2+. The third-order valence-corrected chi connectivity index (χ3v) is 5.02. The first kappa shape index (κ1) is 17.1. The molecule has 1 aromatic heterocycles. The molecular formula is C18H29N5O. The zero-order chi connectivity index (χ0) is 16.8. The Morgan fingerprint density at radius 1 is 1.29 bits per heavy atom. The van der Waals surface area contributed by atoms with Crippen LogP contribution >= 0.6 is 0 Å². The van der Waals surface area contributed by atoms with E-state index in [1.807, 2.05) is 28.7 Å². The summed E-state index contributed by atoms with van der Waals surface area (Å²) < 4.78 is 1.97. The van der Waals surface area contributed by atoms with Crippen LogP contribution in [0.15, 0.2) is 18.3 Å². The van der Waals surface area contributed by atoms with Gasteiger partial charge in [0.25, 0.3) is 0 Å². The summed E-state index contributed by atoms with van der Waals surface area (Å²) in [7, 11) is 0. The largest absolute Gasteiger partial charge is 0.342 e. The van der Waals surface area contributed by atoms with Gasteiger partial charge in [0.2, 0.25) is 5.91 Å². The van der Waals surface area contributed by atoms with E-state index < -0.39 is 0 Å². The monoisotopic (exact) mass is 331 g/mol. The number of likely N-dealkylation sites (tertiary alicyclic amines) is 2. The Bertz CT molecular complexity index is 562. The number of allylic oxidation sites excluding steroid dienone is 1. The number of aromatic nitrogens is 3. The lowest BCUT2D eigenvalue weighted by Crippen LogP contribution is -2.40. The van der Waals surface area contributed by atoms with E-state index in [1.54, 1.807) is 0 Å². The second-order valence-corrected chi connectivity index (χ2v) is 7.04. The van der Waals surface area contributed by atoms with Crippen LogP contribution in [0.25, 0.3) is 0 Å². The van der Waals surface area contributed by atoms with Crippen LogP contribution in [0, 0.1) is 5.92 Å². The van der Waals surface area contributed by atoms with Crippen molar-refractivity contribution >= 4 is 5.91 Å². The Balaban J connectivity index is 1.50. The zero-order valence-electron chi connectivity index (χ0n) is 14.7. The summed E-state index contributed by atoms with van der Waals surface area (Å²) in [5.74, 6) is 0.723. The average molecular weight is 331 g/mol. The average Bonchev–Trinajstić information content (AvgIpc) is 3.25. The van der Waals surface area contributed by atoms with Crippen LogP contribution in [0.2, 0.25) is 0 Å². The molecule has 0 saturated carbocycles. The van der Waals surface area contributed by atoms with Gasteiger partial charge in [-0.15, -0.1) is 5.10 Å². The topological polar surface area (TPSA) is 54.3 Å². The molecule has 3 rings (SSSR count). The predicted octanol–water partition coefficient (Wildman–Crippen LogP) is 2.08. The van der Waals surface area contributed by atoms with Gasteiger partial charge in [-0.25, -0.2) is 0 Å². The second-order valence-electron chi connectivity index (χ2n) is 7.04. The molecule has 1 unspecified atom stereocenters. The van der Waals surface area contributed by atoms with E-state index in [-0.39, 0.29) is 5.91 Å². The Hall–Kier alpha value is -1.69. The number of piperidine rings is 1. The third kappa shape index (κ3) is 4.66. The summed E-state index contributed by atoms with van der Waals surface area (Å²) in [6.07, 6.45) is 11.3. The first-order valence-corrected chi connectivity index (χ1v) is 9.25. The molecule has 1 amide bonds. The molecule has 6 nitrogen and oxygen atoms in total. The first-order valence-electron chi connectivity index (χ1n) is 9.25. The Kier molecular flexibility index (Phi) is 6.01. The fraction of sp³-hybridized carbons (Fsp3) is 0.722. The van der Waals surface area contributed by atoms with Gasteiger partial charge < -0.3 is 4.90 Å². The van der Waals surface area contributed by atoms with Crippen molar-refractivity contribution in [3.63, 3.8) is 0 Å². The van der Waals surface area contributed by atoms with Gasteiger partial charge in [-0.2, -0.15) is 0 Å². The van der Waals surface area contributed by atoms with Crippen LogP contribution in [-0.4, -0.2) is 56.9 Å². The van der Waals surface area contributed by atoms with Gasteiger partial charge in [0, 0.05) is 38.8 Å². The number of carbonyl (C=O) groups excluding carboxylic acids is 1. The Morgan fingerprint density at radius 3 is 2.92 bits per heavy atom. The highest BCUT2D eigenvalue weighted by Crippen LogP contribution is 2.19. The summed E-state index contributed by atoms with van der Waals surface area (Å²) >= 11 is 0. The maximum atomic E-state index is 12.2. The van der Waals surface area contributed by atoms with Crippen LogP contribution in [0.5, 0.6) is 0 Å². The number of carbonyl (C=O) groups is 1. The van der Waals surface area contributed by atoms with Crippen LogP contribution in [0.3, 0.4) is 0 Å². The minimum atomic E-state index is 0.242. The fourth-order valence-corrected chi connectivity index (χ4v) is 3.72. The molecule has 0 radical (unpaired) electrons. The lowest BCUT2D eigenvalue weighted by atomic mass is 9.98. The molecule has 0 aromatic carbocycles. The van der Waals surface area contributed by atoms with E-state index in [4.69, 9.17) is 0 Å². The summed E-state index contributed by atoms with van der Waals surface area (Å²) in [4.78, 5) is 16.6. The Morgan fingerprint density at radius 2 is 2.12 bits per heavy atom. The normalized spacial score (nSPS) is 22.5. The van der Waals surface area contributed by atoms with Crippen LogP contribution < -0.4 is 0 Å². The highest BCUT2D eigenvalue weighted by Gasteiger charge is 2.23. The molecule has 2 aliphatic heterocycles. The third-order valence-electron chi connectivity index (χ3n) is 5.02. The predicted molar refractivity (Wildman–Crippen MR) is 93.3 cm³/mol. The van der Waals surface area contributed by atoms with Gasteiger partial charge >= 0.3 is 0 Å². The number of amides is 1. The van der Waals surface area contributed by atoms with Crippen LogP contribution in [0.1, 0.15) is 44.7 Å². The van der Waals surface area contributed by atoms with Gasteiger partial charge in [0.1, 0.15) is 0 Å². The van der Waals surface area contributed by atoms with Crippen molar-refractivity contribution in [1.82, 2.24) is 24.8 Å². The molecule has 0 aliphatic carbocycles. The molecular weight excluding hydrogens is 302 g/mol. The number of hydrogen-bond acceptors (Lipinski definition) is 4. The molecule has 2 saturated heterocycles. The molecule has 1 atom stereocenters. The van der Waals surface area contributed by atoms with E-state index >= 15 is 0 Å². The molecule has 24 heavy (non-hydrogen) atoms. The van der Waals surface area contributed by atoms with Crippen molar-refractivity contribution in [1.29, 1.82) is 0 Å². The van der Waals surface area contributed by atoms with Gasteiger partial charge in [-0.1, -0.05) is 17.4 Å². The molecule has 0 spiro atoms. The molecule has 0 bridgehead atoms. The maximum Gasteiger partial charge on any atom is 0.226 e. The van der Waals surface area contributed by atoms with Crippen molar-refractivity contribution in [2.24, 2.45) is 5.92 Å². The van der Waals surface area contributed by atoms with E-state index in [2.05, 4.69) is 21.4 Å². The van der Waals surface area contributed by atoms with Gasteiger partial charge in [-0.3, -0.25) is 14.4 Å². The lowest BCUT2D eigenvalue weighted by molar-refractivity contribution is -0.132. The number of rotatable bonds is 6. The van der Waals surface area contributed by atoms with Crippen molar-refractivity contribution < 1.29 is 4.79 Å². The first-order chi connectivity index (χ1) is 11.7. The smallest absolute Gasteiger partial charge is 0.226 e. The summed E-state index contributed by atoms with van der Waals surface area (Å²) in [6, 6.07) is 0. The molecule has 2 aliphatic rings.